The van der Waals surface area contributed by atoms with Crippen molar-refractivity contribution in [3.05, 3.63) is 59.4 Å². The quantitative estimate of drug-likeness (QED) is 0.416. The Kier molecular flexibility index (Phi) is 7.91. The summed E-state index contributed by atoms with van der Waals surface area (Å²) >= 11 is 6.52. The van der Waals surface area contributed by atoms with Gasteiger partial charge in [-0.3, -0.25) is 9.69 Å². The van der Waals surface area contributed by atoms with Gasteiger partial charge in [0.05, 0.1) is 30.5 Å². The summed E-state index contributed by atoms with van der Waals surface area (Å²) in [5.74, 6) is 2.54. The van der Waals surface area contributed by atoms with Gasteiger partial charge in [-0.2, -0.15) is 0 Å². The smallest absolute Gasteiger partial charge is 0.237 e. The number of hydrogen-bond acceptors (Lipinski definition) is 8. The second-order valence-corrected chi connectivity index (χ2v) is 9.60. The average Bonchev–Trinajstić information content (AvgIpc) is 2.90. The molecule has 1 atom stereocenters. The maximum absolute atomic E-state index is 13.1. The summed E-state index contributed by atoms with van der Waals surface area (Å²) in [6, 6.07) is 13.2. The molecule has 0 saturated carbocycles. The predicted octanol–water partition coefficient (Wildman–Crippen LogP) is 4.88. The Bertz CT molecular complexity index is 1260. The highest BCUT2D eigenvalue weighted by Gasteiger charge is 2.28. The van der Waals surface area contributed by atoms with Gasteiger partial charge in [-0.25, -0.2) is 9.97 Å². The number of nitrogens with one attached hydrogen (secondary N) is 3. The van der Waals surface area contributed by atoms with Crippen LogP contribution < -0.4 is 25.4 Å². The number of ether oxygens (including phenoxy) is 2. The second-order valence-electron chi connectivity index (χ2n) is 9.19. The van der Waals surface area contributed by atoms with E-state index in [1.807, 2.05) is 42.5 Å². The van der Waals surface area contributed by atoms with E-state index in [0.29, 0.717) is 54.3 Å². The van der Waals surface area contributed by atoms with Crippen molar-refractivity contribution >= 4 is 40.5 Å². The molecule has 37 heavy (non-hydrogen) atoms. The zero-order chi connectivity index (χ0) is 25.6. The number of carbonyl (C=O) groups excluding carboxylic acids is 1. The molecule has 2 aliphatic heterocycles. The summed E-state index contributed by atoms with van der Waals surface area (Å²) in [6.45, 7) is 2.54. The van der Waals surface area contributed by atoms with Crippen molar-refractivity contribution in [3.63, 3.8) is 0 Å². The van der Waals surface area contributed by atoms with Crippen molar-refractivity contribution in [3.8, 4) is 11.5 Å². The Morgan fingerprint density at radius 1 is 1.05 bits per heavy atom. The van der Waals surface area contributed by atoms with E-state index in [4.69, 9.17) is 21.1 Å². The van der Waals surface area contributed by atoms with E-state index < -0.39 is 0 Å². The number of methoxy groups -OCH3 is 1. The fraction of sp³-hybridized carbons (Fsp3) is 0.370. The summed E-state index contributed by atoms with van der Waals surface area (Å²) in [6.07, 6.45) is 5.15. The third-order valence-corrected chi connectivity index (χ3v) is 6.91. The van der Waals surface area contributed by atoms with E-state index >= 15 is 0 Å². The first-order valence-corrected chi connectivity index (χ1v) is 12.9. The lowest BCUT2D eigenvalue weighted by Gasteiger charge is -2.34. The molecule has 1 saturated heterocycles. The molecule has 1 aromatic heterocycles. The summed E-state index contributed by atoms with van der Waals surface area (Å²) in [7, 11) is 1.61. The van der Waals surface area contributed by atoms with E-state index in [9.17, 15) is 4.79 Å². The minimum atomic E-state index is -0.153. The van der Waals surface area contributed by atoms with Crippen LogP contribution in [0.3, 0.4) is 0 Å². The Hall–Kier alpha value is -3.56. The Morgan fingerprint density at radius 2 is 1.92 bits per heavy atom. The van der Waals surface area contributed by atoms with Gasteiger partial charge in [-0.05, 0) is 55.6 Å². The molecular weight excluding hydrogens is 492 g/mol. The van der Waals surface area contributed by atoms with Gasteiger partial charge in [0.15, 0.2) is 11.5 Å². The largest absolute Gasteiger partial charge is 0.493 e. The third kappa shape index (κ3) is 6.23. The highest BCUT2D eigenvalue weighted by Crippen LogP contribution is 2.32. The van der Waals surface area contributed by atoms with Gasteiger partial charge in [0.1, 0.15) is 18.0 Å². The lowest BCUT2D eigenvalue weighted by molar-refractivity contribution is -0.127. The number of aromatic nitrogens is 2. The summed E-state index contributed by atoms with van der Waals surface area (Å²) < 4.78 is 11.5. The maximum atomic E-state index is 13.1. The third-order valence-electron chi connectivity index (χ3n) is 6.58. The van der Waals surface area contributed by atoms with Gasteiger partial charge in [0.2, 0.25) is 5.91 Å². The molecule has 1 amide bonds. The second kappa shape index (κ2) is 11.7. The van der Waals surface area contributed by atoms with E-state index in [1.54, 1.807) is 7.11 Å². The van der Waals surface area contributed by atoms with Gasteiger partial charge in [-0.1, -0.05) is 24.1 Å². The van der Waals surface area contributed by atoms with Crippen molar-refractivity contribution in [2.24, 2.45) is 0 Å². The maximum Gasteiger partial charge on any atom is 0.237 e. The van der Waals surface area contributed by atoms with E-state index in [-0.39, 0.29) is 11.9 Å². The molecule has 194 valence electrons. The number of piperidine rings is 1. The zero-order valence-corrected chi connectivity index (χ0v) is 21.6. The standard InChI is InChI=1S/C27H31ClN6O3/c1-36-23-9-7-19-14-24(23)37-12-4-10-29-27(35)22-5-2-3-11-34(22)16-18-6-8-20(28)21(13-18)33-26-15-25(32-19)30-17-31-26/h6-9,13-15,17,22H,2-5,10-12,16H2,1H3,(H,29,35)(H2,30,31,32,33). The normalized spacial score (nSPS) is 18.8. The lowest BCUT2D eigenvalue weighted by atomic mass is 10.00. The van der Waals surface area contributed by atoms with Crippen molar-refractivity contribution in [1.29, 1.82) is 0 Å². The van der Waals surface area contributed by atoms with Crippen LogP contribution in [0.2, 0.25) is 5.02 Å². The van der Waals surface area contributed by atoms with Gasteiger partial charge < -0.3 is 25.4 Å². The number of benzene rings is 2. The van der Waals surface area contributed by atoms with Gasteiger partial charge >= 0.3 is 0 Å². The summed E-state index contributed by atoms with van der Waals surface area (Å²) in [5.41, 5.74) is 2.62. The van der Waals surface area contributed by atoms with Crippen LogP contribution in [-0.2, 0) is 11.3 Å². The van der Waals surface area contributed by atoms with Crippen molar-refractivity contribution in [2.75, 3.05) is 37.4 Å². The van der Waals surface area contributed by atoms with Crippen LogP contribution in [0.15, 0.2) is 48.8 Å². The lowest BCUT2D eigenvalue weighted by Crippen LogP contribution is -2.49. The number of fused-ring (bicyclic) bond motifs is 7. The first-order valence-electron chi connectivity index (χ1n) is 12.6. The highest BCUT2D eigenvalue weighted by atomic mass is 35.5. The zero-order valence-electron chi connectivity index (χ0n) is 20.8. The molecule has 10 heteroatoms. The summed E-state index contributed by atoms with van der Waals surface area (Å²) in [5, 5.41) is 10.3. The minimum absolute atomic E-state index is 0.0682. The van der Waals surface area contributed by atoms with Gasteiger partial charge in [0.25, 0.3) is 0 Å². The molecule has 0 aliphatic carbocycles. The number of amides is 1. The highest BCUT2D eigenvalue weighted by molar-refractivity contribution is 6.33. The first-order chi connectivity index (χ1) is 18.1. The number of hydrogen-bond donors (Lipinski definition) is 3. The molecule has 3 heterocycles. The van der Waals surface area contributed by atoms with Crippen LogP contribution in [0, 0.1) is 0 Å². The number of anilines is 4. The van der Waals surface area contributed by atoms with Crippen LogP contribution in [0.4, 0.5) is 23.0 Å². The first kappa shape index (κ1) is 25.1. The van der Waals surface area contributed by atoms with Gasteiger partial charge in [-0.15, -0.1) is 0 Å². The Labute approximate surface area is 221 Å². The van der Waals surface area contributed by atoms with Crippen LogP contribution in [0.1, 0.15) is 31.2 Å². The Balaban J connectivity index is 1.46. The molecule has 5 rings (SSSR count). The molecule has 6 bridgehead atoms. The summed E-state index contributed by atoms with van der Waals surface area (Å²) in [4.78, 5) is 24.0. The molecule has 2 aromatic carbocycles. The topological polar surface area (TPSA) is 101 Å². The van der Waals surface area contributed by atoms with E-state index in [0.717, 1.165) is 42.7 Å². The van der Waals surface area contributed by atoms with Crippen molar-refractivity contribution in [1.82, 2.24) is 20.2 Å². The predicted molar refractivity (Wildman–Crippen MR) is 144 cm³/mol. The van der Waals surface area contributed by atoms with Crippen molar-refractivity contribution in [2.45, 2.75) is 38.3 Å². The Morgan fingerprint density at radius 3 is 2.78 bits per heavy atom. The van der Waals surface area contributed by atoms with Crippen LogP contribution in [0.25, 0.3) is 0 Å². The molecule has 1 unspecified atom stereocenters. The van der Waals surface area contributed by atoms with Gasteiger partial charge in [0, 0.05) is 30.9 Å². The molecule has 2 aliphatic rings. The SMILES string of the molecule is COc1ccc2cc1OCCCNC(=O)C1CCCCN1Cc1ccc(Cl)c(c1)Nc1cc(ncn1)N2. The fourth-order valence-corrected chi connectivity index (χ4v) is 4.87. The molecule has 0 spiro atoms. The molecule has 0 radical (unpaired) electrons. The molecule has 3 aromatic rings. The number of carbonyl (C=O) groups is 1. The van der Waals surface area contributed by atoms with Crippen molar-refractivity contribution < 1.29 is 14.3 Å². The minimum Gasteiger partial charge on any atom is -0.493 e. The monoisotopic (exact) mass is 522 g/mol. The molecular formula is C27H31ClN6O3. The molecule has 3 N–H and O–H groups in total. The average molecular weight is 523 g/mol. The molecule has 9 nitrogen and oxygen atoms in total. The number of nitrogens with zero attached hydrogens (tertiary/aromatic N) is 3. The van der Waals surface area contributed by atoms with Crippen LogP contribution in [-0.4, -0.2) is 53.6 Å². The fourth-order valence-electron chi connectivity index (χ4n) is 4.71. The molecule has 1 fully saturated rings. The van der Waals surface area contributed by atoms with Crippen LogP contribution >= 0.6 is 11.6 Å². The number of halogens is 1. The number of rotatable bonds is 1. The van der Waals surface area contributed by atoms with Crippen LogP contribution in [0.5, 0.6) is 11.5 Å². The van der Waals surface area contributed by atoms with E-state index in [2.05, 4.69) is 30.8 Å². The van der Waals surface area contributed by atoms with E-state index in [1.165, 1.54) is 6.33 Å².